The molecular weight excluding hydrogens is 624 g/mol. The quantitative estimate of drug-likeness (QED) is 0.0358. The first-order valence-corrected chi connectivity index (χ1v) is 22.0. The molecule has 0 radical (unpaired) electrons. The van der Waals surface area contributed by atoms with Gasteiger partial charge in [0.1, 0.15) is 13.2 Å². The SMILES string of the molecule is CCCCCCCCCCCCCCCCCCC(=O)OCC(COC(=O)CCCCCCCC)OC(=O)CCCCCCCCCCCC. The highest BCUT2D eigenvalue weighted by Crippen LogP contribution is 2.15. The molecule has 0 N–H and O–H groups in total. The van der Waals surface area contributed by atoms with Gasteiger partial charge in [0.05, 0.1) is 0 Å². The first-order chi connectivity index (χ1) is 24.5. The molecule has 0 aliphatic carbocycles. The summed E-state index contributed by atoms with van der Waals surface area (Å²) in [5.41, 5.74) is 0. The fraction of sp³-hybridized carbons (Fsp3) is 0.932. The van der Waals surface area contributed by atoms with Crippen LogP contribution in [0.2, 0.25) is 0 Å². The van der Waals surface area contributed by atoms with E-state index >= 15 is 0 Å². The minimum atomic E-state index is -0.756. The Balaban J connectivity index is 4.19. The molecule has 0 saturated carbocycles. The number of carbonyl (C=O) groups excluding carboxylic acids is 3. The number of rotatable bonds is 40. The van der Waals surface area contributed by atoms with Crippen molar-refractivity contribution in [1.82, 2.24) is 0 Å². The van der Waals surface area contributed by atoms with Crippen LogP contribution in [0.5, 0.6) is 0 Å². The molecule has 0 saturated heterocycles. The lowest BCUT2D eigenvalue weighted by atomic mass is 10.0. The van der Waals surface area contributed by atoms with E-state index in [1.54, 1.807) is 0 Å². The fourth-order valence-electron chi connectivity index (χ4n) is 6.50. The zero-order valence-electron chi connectivity index (χ0n) is 33.7. The molecule has 0 aromatic rings. The number of hydrogen-bond acceptors (Lipinski definition) is 6. The third-order valence-corrected chi connectivity index (χ3v) is 9.86. The Labute approximate surface area is 310 Å². The normalized spacial score (nSPS) is 11.8. The predicted octanol–water partition coefficient (Wildman–Crippen LogP) is 13.7. The average Bonchev–Trinajstić information content (AvgIpc) is 3.11. The molecule has 0 heterocycles. The Kier molecular flexibility index (Phi) is 38.9. The van der Waals surface area contributed by atoms with Crippen LogP contribution < -0.4 is 0 Å². The minimum Gasteiger partial charge on any atom is -0.462 e. The number of esters is 3. The van der Waals surface area contributed by atoms with Crippen LogP contribution in [0.4, 0.5) is 0 Å². The van der Waals surface area contributed by atoms with Gasteiger partial charge in [-0.3, -0.25) is 14.4 Å². The van der Waals surface area contributed by atoms with Gasteiger partial charge in [-0.15, -0.1) is 0 Å². The first kappa shape index (κ1) is 48.4. The van der Waals surface area contributed by atoms with E-state index in [0.717, 1.165) is 57.8 Å². The van der Waals surface area contributed by atoms with E-state index in [-0.39, 0.29) is 31.1 Å². The van der Waals surface area contributed by atoms with Gasteiger partial charge in [0.2, 0.25) is 0 Å². The van der Waals surface area contributed by atoms with E-state index in [0.29, 0.717) is 19.3 Å². The van der Waals surface area contributed by atoms with Crippen molar-refractivity contribution in [1.29, 1.82) is 0 Å². The number of ether oxygens (including phenoxy) is 3. The number of unbranched alkanes of at least 4 members (excludes halogenated alkanes) is 29. The molecule has 6 nitrogen and oxygen atoms in total. The highest BCUT2D eigenvalue weighted by atomic mass is 16.6. The van der Waals surface area contributed by atoms with Gasteiger partial charge in [-0.1, -0.05) is 207 Å². The second-order valence-corrected chi connectivity index (χ2v) is 15.0. The summed E-state index contributed by atoms with van der Waals surface area (Å²) in [5.74, 6) is -0.865. The van der Waals surface area contributed by atoms with Crippen molar-refractivity contribution in [2.75, 3.05) is 13.2 Å². The highest BCUT2D eigenvalue weighted by molar-refractivity contribution is 5.71. The molecule has 6 heteroatoms. The Morgan fingerprint density at radius 3 is 0.800 bits per heavy atom. The van der Waals surface area contributed by atoms with Gasteiger partial charge in [0, 0.05) is 19.3 Å². The van der Waals surface area contributed by atoms with E-state index in [9.17, 15) is 14.4 Å². The number of hydrogen-bond donors (Lipinski definition) is 0. The second kappa shape index (κ2) is 40.2. The van der Waals surface area contributed by atoms with Crippen LogP contribution in [0.1, 0.15) is 245 Å². The molecule has 0 bridgehead atoms. The number of carbonyl (C=O) groups is 3. The molecule has 0 aromatic heterocycles. The van der Waals surface area contributed by atoms with Gasteiger partial charge < -0.3 is 14.2 Å². The maximum Gasteiger partial charge on any atom is 0.306 e. The summed E-state index contributed by atoms with van der Waals surface area (Å²) >= 11 is 0. The molecule has 0 aliphatic heterocycles. The van der Waals surface area contributed by atoms with Crippen molar-refractivity contribution in [2.45, 2.75) is 252 Å². The molecule has 0 aromatic carbocycles. The molecule has 0 rings (SSSR count). The van der Waals surface area contributed by atoms with Crippen molar-refractivity contribution in [2.24, 2.45) is 0 Å². The zero-order chi connectivity index (χ0) is 36.6. The van der Waals surface area contributed by atoms with Crippen molar-refractivity contribution in [3.8, 4) is 0 Å². The Morgan fingerprint density at radius 2 is 0.540 bits per heavy atom. The standard InChI is InChI=1S/C44H84O6/c1-4-7-10-13-16-18-20-21-22-23-24-25-27-28-31-34-37-43(46)49-40-41(39-48-42(45)36-33-30-15-12-9-6-3)50-44(47)38-35-32-29-26-19-17-14-11-8-5-2/h41H,4-40H2,1-3H3. The topological polar surface area (TPSA) is 78.9 Å². The molecule has 1 atom stereocenters. The van der Waals surface area contributed by atoms with Crippen molar-refractivity contribution >= 4 is 17.9 Å². The summed E-state index contributed by atoms with van der Waals surface area (Å²) in [6, 6.07) is 0. The van der Waals surface area contributed by atoms with E-state index in [4.69, 9.17) is 14.2 Å². The minimum absolute atomic E-state index is 0.0637. The zero-order valence-corrected chi connectivity index (χ0v) is 33.7. The molecular formula is C44H84O6. The highest BCUT2D eigenvalue weighted by Gasteiger charge is 2.19. The van der Waals surface area contributed by atoms with Crippen LogP contribution in [-0.2, 0) is 28.6 Å². The van der Waals surface area contributed by atoms with Crippen LogP contribution in [0.3, 0.4) is 0 Å². The van der Waals surface area contributed by atoms with Crippen molar-refractivity contribution < 1.29 is 28.6 Å². The van der Waals surface area contributed by atoms with Crippen LogP contribution in [0.25, 0.3) is 0 Å². The smallest absolute Gasteiger partial charge is 0.306 e. The summed E-state index contributed by atoms with van der Waals surface area (Å²) in [4.78, 5) is 37.4. The molecule has 1 unspecified atom stereocenters. The van der Waals surface area contributed by atoms with Crippen LogP contribution in [-0.4, -0.2) is 37.2 Å². The predicted molar refractivity (Wildman–Crippen MR) is 210 cm³/mol. The van der Waals surface area contributed by atoms with E-state index < -0.39 is 6.10 Å². The van der Waals surface area contributed by atoms with Gasteiger partial charge in [-0.2, -0.15) is 0 Å². The molecule has 0 amide bonds. The van der Waals surface area contributed by atoms with E-state index in [2.05, 4.69) is 20.8 Å². The van der Waals surface area contributed by atoms with Gasteiger partial charge in [0.25, 0.3) is 0 Å². The Bertz CT molecular complexity index is 738. The van der Waals surface area contributed by atoms with Crippen LogP contribution in [0, 0.1) is 0 Å². The van der Waals surface area contributed by atoms with Gasteiger partial charge in [-0.25, -0.2) is 0 Å². The van der Waals surface area contributed by atoms with E-state index in [1.165, 1.54) is 148 Å². The molecule has 0 aliphatic rings. The van der Waals surface area contributed by atoms with E-state index in [1.807, 2.05) is 0 Å². The lowest BCUT2D eigenvalue weighted by Gasteiger charge is -2.18. The first-order valence-electron chi connectivity index (χ1n) is 22.0. The molecule has 0 spiro atoms. The second-order valence-electron chi connectivity index (χ2n) is 15.0. The summed E-state index contributed by atoms with van der Waals surface area (Å²) in [7, 11) is 0. The summed E-state index contributed by atoms with van der Waals surface area (Å²) < 4.78 is 16.6. The molecule has 50 heavy (non-hydrogen) atoms. The maximum absolute atomic E-state index is 12.6. The average molecular weight is 709 g/mol. The van der Waals surface area contributed by atoms with Gasteiger partial charge in [-0.05, 0) is 19.3 Å². The molecule has 0 fully saturated rings. The largest absolute Gasteiger partial charge is 0.462 e. The summed E-state index contributed by atoms with van der Waals surface area (Å²) in [6.45, 7) is 6.58. The van der Waals surface area contributed by atoms with Crippen molar-refractivity contribution in [3.05, 3.63) is 0 Å². The van der Waals surface area contributed by atoms with Crippen molar-refractivity contribution in [3.63, 3.8) is 0 Å². The Morgan fingerprint density at radius 1 is 0.320 bits per heavy atom. The lowest BCUT2D eigenvalue weighted by Crippen LogP contribution is -2.30. The van der Waals surface area contributed by atoms with Crippen LogP contribution >= 0.6 is 0 Å². The summed E-state index contributed by atoms with van der Waals surface area (Å²) in [6.07, 6.45) is 39.6. The van der Waals surface area contributed by atoms with Crippen LogP contribution in [0.15, 0.2) is 0 Å². The van der Waals surface area contributed by atoms with Gasteiger partial charge >= 0.3 is 17.9 Å². The third kappa shape index (κ3) is 37.7. The lowest BCUT2D eigenvalue weighted by molar-refractivity contribution is -0.167. The monoisotopic (exact) mass is 709 g/mol. The van der Waals surface area contributed by atoms with Gasteiger partial charge in [0.15, 0.2) is 6.10 Å². The third-order valence-electron chi connectivity index (χ3n) is 9.86. The summed E-state index contributed by atoms with van der Waals surface area (Å²) in [5, 5.41) is 0. The Hall–Kier alpha value is -1.59. The molecule has 296 valence electrons. The fourth-order valence-corrected chi connectivity index (χ4v) is 6.50. The maximum atomic E-state index is 12.6.